The van der Waals surface area contributed by atoms with Crippen molar-refractivity contribution in [3.8, 4) is 0 Å². The SMILES string of the molecule is O=C1c2ccccc2C(=O)N1CCBr.O=C1c2ccccc2C(=O)N1CCn1ccnc1. The van der Waals surface area contributed by atoms with Crippen molar-refractivity contribution in [3.05, 3.63) is 89.5 Å². The summed E-state index contributed by atoms with van der Waals surface area (Å²) in [4.78, 5) is 53.9. The fourth-order valence-corrected chi connectivity index (χ4v) is 3.96. The van der Waals surface area contributed by atoms with Crippen LogP contribution in [0.3, 0.4) is 0 Å². The molecule has 9 heteroatoms. The van der Waals surface area contributed by atoms with Crippen molar-refractivity contribution in [2.75, 3.05) is 18.4 Å². The predicted octanol–water partition coefficient (Wildman–Crippen LogP) is 2.86. The van der Waals surface area contributed by atoms with Crippen LogP contribution in [0.1, 0.15) is 41.4 Å². The van der Waals surface area contributed by atoms with E-state index in [1.165, 1.54) is 9.80 Å². The Morgan fingerprint density at radius 1 is 0.656 bits per heavy atom. The molecular weight excluding hydrogens is 476 g/mol. The van der Waals surface area contributed by atoms with Crippen LogP contribution in [0.5, 0.6) is 0 Å². The van der Waals surface area contributed by atoms with E-state index >= 15 is 0 Å². The van der Waals surface area contributed by atoms with Gasteiger partial charge in [-0.3, -0.25) is 29.0 Å². The third kappa shape index (κ3) is 3.99. The molecule has 0 fully saturated rings. The largest absolute Gasteiger partial charge is 0.336 e. The van der Waals surface area contributed by atoms with E-state index < -0.39 is 0 Å². The Kier molecular flexibility index (Phi) is 6.27. The van der Waals surface area contributed by atoms with E-state index in [-0.39, 0.29) is 23.6 Å². The molecule has 0 spiro atoms. The van der Waals surface area contributed by atoms with Gasteiger partial charge in [0, 0.05) is 37.4 Å². The predicted molar refractivity (Wildman–Crippen MR) is 120 cm³/mol. The summed E-state index contributed by atoms with van der Waals surface area (Å²) in [6.07, 6.45) is 5.14. The average molecular weight is 495 g/mol. The highest BCUT2D eigenvalue weighted by molar-refractivity contribution is 9.09. The molecule has 2 aromatic carbocycles. The summed E-state index contributed by atoms with van der Waals surface area (Å²) < 4.78 is 1.84. The first kappa shape index (κ1) is 21.6. The number of amides is 4. The fraction of sp³-hybridized carbons (Fsp3) is 0.174. The molecule has 0 unspecified atom stereocenters. The Bertz CT molecular complexity index is 1120. The van der Waals surface area contributed by atoms with Gasteiger partial charge in [0.05, 0.1) is 28.6 Å². The van der Waals surface area contributed by atoms with Crippen LogP contribution in [0, 0.1) is 0 Å². The van der Waals surface area contributed by atoms with Crippen molar-refractivity contribution in [3.63, 3.8) is 0 Å². The van der Waals surface area contributed by atoms with E-state index in [0.29, 0.717) is 47.2 Å². The van der Waals surface area contributed by atoms with E-state index in [9.17, 15) is 19.2 Å². The molecular formula is C23H19BrN4O4. The average Bonchev–Trinajstić information content (AvgIpc) is 3.49. The minimum atomic E-state index is -0.212. The Morgan fingerprint density at radius 2 is 1.09 bits per heavy atom. The number of aromatic nitrogens is 2. The maximum atomic E-state index is 12.0. The highest BCUT2D eigenvalue weighted by Gasteiger charge is 2.35. The normalized spacial score (nSPS) is 14.4. The van der Waals surface area contributed by atoms with Gasteiger partial charge in [-0.25, -0.2) is 4.98 Å². The third-order valence-electron chi connectivity index (χ3n) is 5.21. The molecule has 0 radical (unpaired) electrons. The highest BCUT2D eigenvalue weighted by Crippen LogP contribution is 2.23. The van der Waals surface area contributed by atoms with E-state index in [4.69, 9.17) is 0 Å². The van der Waals surface area contributed by atoms with E-state index in [0.717, 1.165) is 0 Å². The molecule has 8 nitrogen and oxygen atoms in total. The van der Waals surface area contributed by atoms with E-state index in [2.05, 4.69) is 20.9 Å². The molecule has 32 heavy (non-hydrogen) atoms. The molecule has 0 bridgehead atoms. The third-order valence-corrected chi connectivity index (χ3v) is 5.56. The molecule has 0 saturated carbocycles. The highest BCUT2D eigenvalue weighted by atomic mass is 79.9. The number of halogens is 1. The van der Waals surface area contributed by atoms with Crippen LogP contribution < -0.4 is 0 Å². The number of hydrogen-bond acceptors (Lipinski definition) is 5. The summed E-state index contributed by atoms with van der Waals surface area (Å²) in [7, 11) is 0. The zero-order chi connectivity index (χ0) is 22.7. The smallest absolute Gasteiger partial charge is 0.261 e. The Balaban J connectivity index is 0.000000158. The van der Waals surface area contributed by atoms with Crippen molar-refractivity contribution in [2.24, 2.45) is 0 Å². The van der Waals surface area contributed by atoms with Gasteiger partial charge in [0.15, 0.2) is 0 Å². The maximum absolute atomic E-state index is 12.0. The van der Waals surface area contributed by atoms with E-state index in [1.807, 2.05) is 4.57 Å². The fourth-order valence-electron chi connectivity index (χ4n) is 3.60. The molecule has 4 amide bonds. The second kappa shape index (κ2) is 9.27. The van der Waals surface area contributed by atoms with Crippen molar-refractivity contribution in [1.29, 1.82) is 0 Å². The van der Waals surface area contributed by atoms with Gasteiger partial charge < -0.3 is 4.57 Å². The molecule has 0 atom stereocenters. The first-order valence-corrected chi connectivity index (χ1v) is 11.1. The van der Waals surface area contributed by atoms with Crippen LogP contribution in [0.4, 0.5) is 0 Å². The Hall–Kier alpha value is -3.59. The topological polar surface area (TPSA) is 92.6 Å². The Morgan fingerprint density at radius 3 is 1.47 bits per heavy atom. The minimum Gasteiger partial charge on any atom is -0.336 e. The first-order chi connectivity index (χ1) is 15.5. The number of nitrogens with zero attached hydrogens (tertiary/aromatic N) is 4. The lowest BCUT2D eigenvalue weighted by Crippen LogP contribution is -2.32. The number of imidazole rings is 1. The monoisotopic (exact) mass is 494 g/mol. The summed E-state index contributed by atoms with van der Waals surface area (Å²) in [6.45, 7) is 1.35. The van der Waals surface area contributed by atoms with Crippen LogP contribution in [-0.2, 0) is 6.54 Å². The van der Waals surface area contributed by atoms with Gasteiger partial charge in [0.2, 0.25) is 0 Å². The lowest BCUT2D eigenvalue weighted by Gasteiger charge is -2.13. The van der Waals surface area contributed by atoms with E-state index in [1.54, 1.807) is 67.3 Å². The van der Waals surface area contributed by atoms with Gasteiger partial charge in [0.25, 0.3) is 23.6 Å². The molecule has 3 aromatic rings. The molecule has 162 valence electrons. The first-order valence-electron chi connectivity index (χ1n) is 9.95. The number of fused-ring (bicyclic) bond motifs is 2. The van der Waals surface area contributed by atoms with Crippen molar-refractivity contribution >= 4 is 39.6 Å². The number of carbonyl (C=O) groups excluding carboxylic acids is 4. The Labute approximate surface area is 192 Å². The van der Waals surface area contributed by atoms with Crippen LogP contribution >= 0.6 is 15.9 Å². The van der Waals surface area contributed by atoms with Crippen LogP contribution in [0.15, 0.2) is 67.3 Å². The zero-order valence-electron chi connectivity index (χ0n) is 17.0. The number of alkyl halides is 1. The van der Waals surface area contributed by atoms with Crippen molar-refractivity contribution in [2.45, 2.75) is 6.54 Å². The summed E-state index contributed by atoms with van der Waals surface area (Å²) in [5, 5.41) is 0.610. The number of benzene rings is 2. The van der Waals surface area contributed by atoms with Crippen molar-refractivity contribution < 1.29 is 19.2 Å². The molecule has 3 heterocycles. The summed E-state index contributed by atoms with van der Waals surface area (Å²) in [5.41, 5.74) is 2.01. The van der Waals surface area contributed by atoms with Crippen LogP contribution in [-0.4, -0.2) is 61.4 Å². The van der Waals surface area contributed by atoms with Crippen LogP contribution in [0.2, 0.25) is 0 Å². The standard InChI is InChI=1S/C13H11N3O2.C10H8BrNO2/c17-12-10-3-1-2-4-11(10)13(18)16(12)8-7-15-6-5-14-9-15;11-5-6-12-9(13)7-3-1-2-4-8(7)10(12)14/h1-6,9H,7-8H2;1-4H,5-6H2. The van der Waals surface area contributed by atoms with Gasteiger partial charge in [-0.2, -0.15) is 0 Å². The number of hydrogen-bond donors (Lipinski definition) is 0. The number of rotatable bonds is 5. The number of carbonyl (C=O) groups is 4. The van der Waals surface area contributed by atoms with Crippen molar-refractivity contribution in [1.82, 2.24) is 19.4 Å². The van der Waals surface area contributed by atoms with Gasteiger partial charge in [-0.1, -0.05) is 40.2 Å². The molecule has 2 aliphatic rings. The maximum Gasteiger partial charge on any atom is 0.261 e. The quantitative estimate of drug-likeness (QED) is 0.401. The zero-order valence-corrected chi connectivity index (χ0v) is 18.6. The van der Waals surface area contributed by atoms with Gasteiger partial charge in [-0.15, -0.1) is 0 Å². The number of imide groups is 2. The minimum absolute atomic E-state index is 0.190. The summed E-state index contributed by atoms with van der Waals surface area (Å²) in [6, 6.07) is 13.8. The second-order valence-corrected chi connectivity index (χ2v) is 7.90. The molecule has 5 rings (SSSR count). The second-order valence-electron chi connectivity index (χ2n) is 7.10. The summed E-state index contributed by atoms with van der Waals surface area (Å²) >= 11 is 3.21. The molecule has 1 aromatic heterocycles. The lowest BCUT2D eigenvalue weighted by molar-refractivity contribution is 0.0639. The van der Waals surface area contributed by atoms with Gasteiger partial charge >= 0.3 is 0 Å². The van der Waals surface area contributed by atoms with Gasteiger partial charge in [-0.05, 0) is 24.3 Å². The lowest BCUT2D eigenvalue weighted by atomic mass is 10.1. The molecule has 0 aliphatic carbocycles. The van der Waals surface area contributed by atoms with Crippen LogP contribution in [0.25, 0.3) is 0 Å². The molecule has 2 aliphatic heterocycles. The molecule has 0 saturated heterocycles. The van der Waals surface area contributed by atoms with Gasteiger partial charge in [0.1, 0.15) is 0 Å². The summed E-state index contributed by atoms with van der Waals surface area (Å²) in [5.74, 6) is -0.804. The molecule has 0 N–H and O–H groups in total.